The first-order valence-corrected chi connectivity index (χ1v) is 6.37. The van der Waals surface area contributed by atoms with Crippen molar-refractivity contribution in [3.05, 3.63) is 24.2 Å². The number of hydrogen-bond acceptors (Lipinski definition) is 4. The first-order chi connectivity index (χ1) is 8.88. The fraction of sp³-hybridized carbons (Fsp3) is 0.538. The topological polar surface area (TPSA) is 60.2 Å². The van der Waals surface area contributed by atoms with Crippen LogP contribution in [0.5, 0.6) is 0 Å². The molecule has 1 aliphatic heterocycles. The molecule has 96 valence electrons. The molecule has 1 saturated heterocycles. The lowest BCUT2D eigenvalue weighted by Gasteiger charge is -2.09. The van der Waals surface area contributed by atoms with Crippen LogP contribution in [0, 0.1) is 5.92 Å². The molecule has 3 rings (SSSR count). The van der Waals surface area contributed by atoms with Gasteiger partial charge in [-0.15, -0.1) is 0 Å². The van der Waals surface area contributed by atoms with Crippen LogP contribution in [0.15, 0.2) is 18.3 Å². The molecule has 0 amide bonds. The van der Waals surface area contributed by atoms with Crippen LogP contribution >= 0.6 is 0 Å². The summed E-state index contributed by atoms with van der Waals surface area (Å²) in [4.78, 5) is 8.98. The molecule has 0 saturated carbocycles. The summed E-state index contributed by atoms with van der Waals surface area (Å²) in [5.41, 5.74) is 1.76. The van der Waals surface area contributed by atoms with E-state index in [1.165, 1.54) is 0 Å². The maximum Gasteiger partial charge on any atom is 0.160 e. The zero-order valence-corrected chi connectivity index (χ0v) is 10.2. The number of aliphatic hydroxyl groups excluding tert-OH is 1. The lowest BCUT2D eigenvalue weighted by Crippen LogP contribution is -2.12. The van der Waals surface area contributed by atoms with Crippen molar-refractivity contribution in [2.45, 2.75) is 19.4 Å². The van der Waals surface area contributed by atoms with E-state index in [-0.39, 0.29) is 6.61 Å². The largest absolute Gasteiger partial charge is 0.395 e. The van der Waals surface area contributed by atoms with Crippen LogP contribution in [-0.4, -0.2) is 39.5 Å². The van der Waals surface area contributed by atoms with Crippen molar-refractivity contribution in [2.24, 2.45) is 5.92 Å². The van der Waals surface area contributed by atoms with Gasteiger partial charge in [0.15, 0.2) is 5.65 Å². The van der Waals surface area contributed by atoms with Crippen molar-refractivity contribution < 1.29 is 9.84 Å². The Morgan fingerprint density at radius 1 is 1.50 bits per heavy atom. The number of nitrogens with zero attached hydrogens (tertiary/aromatic N) is 3. The zero-order chi connectivity index (χ0) is 12.4. The van der Waals surface area contributed by atoms with Crippen LogP contribution < -0.4 is 0 Å². The van der Waals surface area contributed by atoms with Crippen molar-refractivity contribution in [3.8, 4) is 0 Å². The molecule has 1 unspecified atom stereocenters. The Labute approximate surface area is 105 Å². The summed E-state index contributed by atoms with van der Waals surface area (Å²) in [6.07, 6.45) is 3.76. The molecule has 1 fully saturated rings. The number of hydrogen-bond donors (Lipinski definition) is 1. The zero-order valence-electron chi connectivity index (χ0n) is 10.2. The number of imidazole rings is 1. The molecule has 0 radical (unpaired) electrons. The molecule has 0 bridgehead atoms. The molecule has 5 nitrogen and oxygen atoms in total. The summed E-state index contributed by atoms with van der Waals surface area (Å²) in [5, 5.41) is 9.18. The van der Waals surface area contributed by atoms with E-state index in [0.717, 1.165) is 43.0 Å². The average Bonchev–Trinajstić information content (AvgIpc) is 3.00. The third-order valence-electron chi connectivity index (χ3n) is 3.40. The van der Waals surface area contributed by atoms with Crippen LogP contribution in [0.3, 0.4) is 0 Å². The fourth-order valence-corrected chi connectivity index (χ4v) is 2.50. The second-order valence-corrected chi connectivity index (χ2v) is 4.68. The number of aromatic nitrogens is 3. The van der Waals surface area contributed by atoms with Crippen LogP contribution in [0.4, 0.5) is 0 Å². The van der Waals surface area contributed by atoms with E-state index in [1.54, 1.807) is 6.20 Å². The van der Waals surface area contributed by atoms with Crippen LogP contribution in [0.25, 0.3) is 11.2 Å². The van der Waals surface area contributed by atoms with Gasteiger partial charge < -0.3 is 14.4 Å². The standard InChI is InChI=1S/C13H17N3O2/c17-6-5-16-12(8-10-3-7-18-9-10)15-11-2-1-4-14-13(11)16/h1-2,4,10,17H,3,5-9H2. The molecule has 5 heteroatoms. The van der Waals surface area contributed by atoms with E-state index in [2.05, 4.69) is 9.97 Å². The molecular formula is C13H17N3O2. The van der Waals surface area contributed by atoms with Crippen LogP contribution in [0.2, 0.25) is 0 Å². The lowest BCUT2D eigenvalue weighted by atomic mass is 10.1. The van der Waals surface area contributed by atoms with Gasteiger partial charge >= 0.3 is 0 Å². The second-order valence-electron chi connectivity index (χ2n) is 4.68. The van der Waals surface area contributed by atoms with Gasteiger partial charge in [-0.05, 0) is 24.5 Å². The molecule has 1 atom stereocenters. The quantitative estimate of drug-likeness (QED) is 0.875. The summed E-state index contributed by atoms with van der Waals surface area (Å²) in [5.74, 6) is 1.55. The Kier molecular flexibility index (Phi) is 3.25. The second kappa shape index (κ2) is 5.04. The first kappa shape index (κ1) is 11.6. The Balaban J connectivity index is 1.95. The highest BCUT2D eigenvalue weighted by Gasteiger charge is 2.20. The van der Waals surface area contributed by atoms with Gasteiger partial charge in [0.25, 0.3) is 0 Å². The predicted octanol–water partition coefficient (Wildman–Crippen LogP) is 1.00. The van der Waals surface area contributed by atoms with Crippen molar-refractivity contribution in [1.29, 1.82) is 0 Å². The summed E-state index contributed by atoms with van der Waals surface area (Å²) < 4.78 is 7.42. The summed E-state index contributed by atoms with van der Waals surface area (Å²) in [6, 6.07) is 3.85. The number of ether oxygens (including phenoxy) is 1. The van der Waals surface area contributed by atoms with E-state index in [9.17, 15) is 5.11 Å². The van der Waals surface area contributed by atoms with Gasteiger partial charge in [0.2, 0.25) is 0 Å². The van der Waals surface area contributed by atoms with Gasteiger partial charge in [-0.3, -0.25) is 0 Å². The van der Waals surface area contributed by atoms with Gasteiger partial charge in [-0.25, -0.2) is 9.97 Å². The first-order valence-electron chi connectivity index (χ1n) is 6.37. The van der Waals surface area contributed by atoms with Gasteiger partial charge in [0, 0.05) is 32.4 Å². The summed E-state index contributed by atoms with van der Waals surface area (Å²) >= 11 is 0. The van der Waals surface area contributed by atoms with Gasteiger partial charge in [0.05, 0.1) is 6.61 Å². The van der Waals surface area contributed by atoms with E-state index in [0.29, 0.717) is 12.5 Å². The van der Waals surface area contributed by atoms with Crippen molar-refractivity contribution >= 4 is 11.2 Å². The Bertz CT molecular complexity index is 532. The van der Waals surface area contributed by atoms with Gasteiger partial charge in [-0.1, -0.05) is 0 Å². The molecule has 2 aromatic heterocycles. The van der Waals surface area contributed by atoms with E-state index >= 15 is 0 Å². The number of rotatable bonds is 4. The minimum Gasteiger partial charge on any atom is -0.395 e. The average molecular weight is 247 g/mol. The number of pyridine rings is 1. The Hall–Kier alpha value is -1.46. The molecule has 0 spiro atoms. The minimum absolute atomic E-state index is 0.107. The smallest absolute Gasteiger partial charge is 0.160 e. The number of aliphatic hydroxyl groups is 1. The third-order valence-corrected chi connectivity index (χ3v) is 3.40. The van der Waals surface area contributed by atoms with Crippen LogP contribution in [0.1, 0.15) is 12.2 Å². The highest BCUT2D eigenvalue weighted by molar-refractivity contribution is 5.71. The molecule has 2 aromatic rings. The third kappa shape index (κ3) is 2.11. The minimum atomic E-state index is 0.107. The molecule has 1 aliphatic rings. The van der Waals surface area contributed by atoms with Crippen molar-refractivity contribution in [1.82, 2.24) is 14.5 Å². The number of fused-ring (bicyclic) bond motifs is 1. The maximum absolute atomic E-state index is 9.18. The highest BCUT2D eigenvalue weighted by atomic mass is 16.5. The Morgan fingerprint density at radius 3 is 3.22 bits per heavy atom. The van der Waals surface area contributed by atoms with Gasteiger partial charge in [-0.2, -0.15) is 0 Å². The van der Waals surface area contributed by atoms with E-state index < -0.39 is 0 Å². The molecular weight excluding hydrogens is 230 g/mol. The Morgan fingerprint density at radius 2 is 2.44 bits per heavy atom. The molecule has 3 heterocycles. The SMILES string of the molecule is OCCn1c(CC2CCOC2)nc2cccnc21. The molecule has 1 N–H and O–H groups in total. The summed E-state index contributed by atoms with van der Waals surface area (Å²) in [6.45, 7) is 2.32. The van der Waals surface area contributed by atoms with Crippen molar-refractivity contribution in [2.75, 3.05) is 19.8 Å². The normalized spacial score (nSPS) is 19.7. The monoisotopic (exact) mass is 247 g/mol. The van der Waals surface area contributed by atoms with E-state index in [4.69, 9.17) is 4.74 Å². The van der Waals surface area contributed by atoms with Crippen molar-refractivity contribution in [3.63, 3.8) is 0 Å². The molecule has 0 aliphatic carbocycles. The van der Waals surface area contributed by atoms with E-state index in [1.807, 2.05) is 16.7 Å². The lowest BCUT2D eigenvalue weighted by molar-refractivity contribution is 0.185. The summed E-state index contributed by atoms with van der Waals surface area (Å²) in [7, 11) is 0. The van der Waals surface area contributed by atoms with Gasteiger partial charge in [0.1, 0.15) is 11.3 Å². The fourth-order valence-electron chi connectivity index (χ4n) is 2.50. The maximum atomic E-state index is 9.18. The highest BCUT2D eigenvalue weighted by Crippen LogP contribution is 2.21. The molecule has 0 aromatic carbocycles. The predicted molar refractivity (Wildman–Crippen MR) is 67.2 cm³/mol. The molecule has 18 heavy (non-hydrogen) atoms. The van der Waals surface area contributed by atoms with Crippen LogP contribution in [-0.2, 0) is 17.7 Å².